The van der Waals surface area contributed by atoms with Crippen LogP contribution in [0.4, 0.5) is 0 Å². The zero-order valence-electron chi connectivity index (χ0n) is 13.5. The molecule has 0 radical (unpaired) electrons. The maximum absolute atomic E-state index is 12.2. The maximum Gasteiger partial charge on any atom is 0.240 e. The number of benzene rings is 1. The second kappa shape index (κ2) is 8.06. The van der Waals surface area contributed by atoms with Crippen LogP contribution >= 0.6 is 0 Å². The van der Waals surface area contributed by atoms with Crippen LogP contribution in [0.15, 0.2) is 29.2 Å². The number of rotatable bonds is 7. The molecule has 0 atom stereocenters. The van der Waals surface area contributed by atoms with Crippen LogP contribution in [0.3, 0.4) is 0 Å². The minimum absolute atomic E-state index is 0.343. The Hall–Kier alpha value is -0.950. The molecule has 0 aromatic heterocycles. The molecule has 0 aliphatic carbocycles. The van der Waals surface area contributed by atoms with Gasteiger partial charge in [0.15, 0.2) is 0 Å². The first-order valence-corrected chi connectivity index (χ1v) is 9.48. The highest BCUT2D eigenvalue weighted by Gasteiger charge is 2.16. The van der Waals surface area contributed by atoms with Crippen molar-refractivity contribution in [1.29, 1.82) is 0 Å². The van der Waals surface area contributed by atoms with Crippen LogP contribution in [0.5, 0.6) is 0 Å². The zero-order chi connectivity index (χ0) is 16.0. The number of hydrogen-bond acceptors (Lipinski definition) is 3. The fraction of sp³-hybridized carbons (Fsp3) is 0.625. The standard InChI is InChI=1S/C16H26N2O3S/c1-14(2)15-4-6-16(7-5-15)22(19,20)17-8-3-9-18-10-12-21-13-11-18/h4-7,14,17H,3,8-13H2,1-2H3/p+1. The number of hydrogen-bond donors (Lipinski definition) is 2. The van der Waals surface area contributed by atoms with Gasteiger partial charge in [0, 0.05) is 13.0 Å². The first-order valence-electron chi connectivity index (χ1n) is 8.00. The summed E-state index contributed by atoms with van der Waals surface area (Å²) in [7, 11) is -3.39. The van der Waals surface area contributed by atoms with E-state index in [4.69, 9.17) is 4.74 Å². The molecular formula is C16H27N2O3S+. The third kappa shape index (κ3) is 5.05. The Morgan fingerprint density at radius 3 is 2.41 bits per heavy atom. The van der Waals surface area contributed by atoms with Gasteiger partial charge >= 0.3 is 0 Å². The Bertz CT molecular complexity index is 549. The lowest BCUT2D eigenvalue weighted by atomic mass is 10.0. The fourth-order valence-electron chi connectivity index (χ4n) is 2.57. The molecule has 0 bridgehead atoms. The lowest BCUT2D eigenvalue weighted by Crippen LogP contribution is -3.14. The summed E-state index contributed by atoms with van der Waals surface area (Å²) >= 11 is 0. The first-order chi connectivity index (χ1) is 10.5. The summed E-state index contributed by atoms with van der Waals surface area (Å²) in [6.07, 6.45) is 0.846. The molecule has 0 saturated carbocycles. The molecule has 1 aliphatic heterocycles. The molecule has 0 spiro atoms. The summed E-state index contributed by atoms with van der Waals surface area (Å²) in [6, 6.07) is 7.14. The van der Waals surface area contributed by atoms with Crippen molar-refractivity contribution in [1.82, 2.24) is 4.72 Å². The van der Waals surface area contributed by atoms with Gasteiger partial charge in [0.1, 0.15) is 13.1 Å². The molecule has 1 heterocycles. The minimum atomic E-state index is -3.39. The van der Waals surface area contributed by atoms with E-state index in [0.717, 1.165) is 44.8 Å². The van der Waals surface area contributed by atoms with E-state index in [9.17, 15) is 8.42 Å². The molecule has 2 rings (SSSR count). The summed E-state index contributed by atoms with van der Waals surface area (Å²) in [4.78, 5) is 1.84. The molecule has 1 aromatic rings. The highest BCUT2D eigenvalue weighted by Crippen LogP contribution is 2.17. The van der Waals surface area contributed by atoms with E-state index in [1.165, 1.54) is 4.90 Å². The molecule has 5 nitrogen and oxygen atoms in total. The van der Waals surface area contributed by atoms with Crippen LogP contribution in [0.2, 0.25) is 0 Å². The molecule has 1 aromatic carbocycles. The second-order valence-electron chi connectivity index (χ2n) is 6.09. The van der Waals surface area contributed by atoms with Crippen LogP contribution in [-0.4, -0.2) is 47.8 Å². The van der Waals surface area contributed by atoms with Gasteiger partial charge in [-0.15, -0.1) is 0 Å². The molecule has 22 heavy (non-hydrogen) atoms. The molecule has 6 heteroatoms. The van der Waals surface area contributed by atoms with E-state index in [-0.39, 0.29) is 0 Å². The number of quaternary nitrogens is 1. The lowest BCUT2D eigenvalue weighted by Gasteiger charge is -2.23. The van der Waals surface area contributed by atoms with E-state index in [2.05, 4.69) is 18.6 Å². The second-order valence-corrected chi connectivity index (χ2v) is 7.85. The van der Waals surface area contributed by atoms with E-state index in [1.807, 2.05) is 12.1 Å². The van der Waals surface area contributed by atoms with Crippen LogP contribution in [-0.2, 0) is 14.8 Å². The van der Waals surface area contributed by atoms with Crippen LogP contribution in [0.1, 0.15) is 31.7 Å². The average Bonchev–Trinajstić information content (AvgIpc) is 2.53. The Kier molecular flexibility index (Phi) is 6.37. The van der Waals surface area contributed by atoms with Gasteiger partial charge < -0.3 is 9.64 Å². The molecule has 0 amide bonds. The van der Waals surface area contributed by atoms with Crippen molar-refractivity contribution in [2.75, 3.05) is 39.4 Å². The van der Waals surface area contributed by atoms with Gasteiger partial charge in [-0.1, -0.05) is 26.0 Å². The molecule has 1 fully saturated rings. The quantitative estimate of drug-likeness (QED) is 0.713. The number of ether oxygens (including phenoxy) is 1. The predicted molar refractivity (Wildman–Crippen MR) is 86.7 cm³/mol. The van der Waals surface area contributed by atoms with Crippen LogP contribution < -0.4 is 9.62 Å². The van der Waals surface area contributed by atoms with Gasteiger partial charge in [0.05, 0.1) is 24.7 Å². The molecule has 124 valence electrons. The third-order valence-corrected chi connectivity index (χ3v) is 5.53. The zero-order valence-corrected chi connectivity index (χ0v) is 14.3. The van der Waals surface area contributed by atoms with Gasteiger partial charge in [-0.25, -0.2) is 13.1 Å². The summed E-state index contributed by atoms with van der Waals surface area (Å²) in [6.45, 7) is 9.31. The van der Waals surface area contributed by atoms with Crippen molar-refractivity contribution in [2.24, 2.45) is 0 Å². The highest BCUT2D eigenvalue weighted by molar-refractivity contribution is 7.89. The Labute approximate surface area is 133 Å². The normalized spacial score (nSPS) is 17.0. The van der Waals surface area contributed by atoms with Gasteiger partial charge in [0.2, 0.25) is 10.0 Å². The number of sulfonamides is 1. The van der Waals surface area contributed by atoms with E-state index in [0.29, 0.717) is 17.4 Å². The van der Waals surface area contributed by atoms with E-state index >= 15 is 0 Å². The van der Waals surface area contributed by atoms with Gasteiger partial charge in [-0.05, 0) is 23.6 Å². The van der Waals surface area contributed by atoms with Crippen molar-refractivity contribution in [3.63, 3.8) is 0 Å². The van der Waals surface area contributed by atoms with Crippen molar-refractivity contribution < 1.29 is 18.1 Å². The highest BCUT2D eigenvalue weighted by atomic mass is 32.2. The average molecular weight is 327 g/mol. The van der Waals surface area contributed by atoms with Crippen molar-refractivity contribution in [2.45, 2.75) is 31.1 Å². The number of morpholine rings is 1. The Morgan fingerprint density at radius 2 is 1.82 bits per heavy atom. The van der Waals surface area contributed by atoms with Crippen LogP contribution in [0.25, 0.3) is 0 Å². The maximum atomic E-state index is 12.2. The van der Waals surface area contributed by atoms with Crippen LogP contribution in [0, 0.1) is 0 Å². The van der Waals surface area contributed by atoms with Crippen molar-refractivity contribution >= 4 is 10.0 Å². The van der Waals surface area contributed by atoms with E-state index < -0.39 is 10.0 Å². The van der Waals surface area contributed by atoms with Gasteiger partial charge in [0.25, 0.3) is 0 Å². The minimum Gasteiger partial charge on any atom is -0.370 e. The summed E-state index contributed by atoms with van der Waals surface area (Å²) in [5, 5.41) is 0. The Morgan fingerprint density at radius 1 is 1.18 bits per heavy atom. The number of nitrogens with one attached hydrogen (secondary N) is 2. The lowest BCUT2D eigenvalue weighted by molar-refractivity contribution is -0.908. The first kappa shape index (κ1) is 17.4. The predicted octanol–water partition coefficient (Wildman–Crippen LogP) is 0.394. The van der Waals surface area contributed by atoms with Gasteiger partial charge in [-0.2, -0.15) is 0 Å². The molecule has 1 aliphatic rings. The molecule has 0 unspecified atom stereocenters. The largest absolute Gasteiger partial charge is 0.370 e. The Balaban J connectivity index is 1.80. The summed E-state index contributed by atoms with van der Waals surface area (Å²) in [5.41, 5.74) is 1.15. The topological polar surface area (TPSA) is 59.8 Å². The van der Waals surface area contributed by atoms with Crippen molar-refractivity contribution in [3.8, 4) is 0 Å². The third-order valence-electron chi connectivity index (χ3n) is 4.06. The van der Waals surface area contributed by atoms with Gasteiger partial charge in [-0.3, -0.25) is 0 Å². The summed E-state index contributed by atoms with van der Waals surface area (Å²) in [5.74, 6) is 0.404. The fourth-order valence-corrected chi connectivity index (χ4v) is 3.64. The monoisotopic (exact) mass is 327 g/mol. The SMILES string of the molecule is CC(C)c1ccc(S(=O)(=O)NCCC[NH+]2CCOCC2)cc1. The molecule has 1 saturated heterocycles. The molecular weight excluding hydrogens is 300 g/mol. The molecule has 2 N–H and O–H groups in total. The van der Waals surface area contributed by atoms with Crippen molar-refractivity contribution in [3.05, 3.63) is 29.8 Å². The van der Waals surface area contributed by atoms with E-state index in [1.54, 1.807) is 12.1 Å². The summed E-state index contributed by atoms with van der Waals surface area (Å²) < 4.78 is 32.5. The smallest absolute Gasteiger partial charge is 0.240 e.